The Labute approximate surface area is 179 Å². The fraction of sp³-hybridized carbons (Fsp3) is 0.294. The van der Waals surface area contributed by atoms with E-state index in [9.17, 15) is 31.6 Å². The molecule has 0 fully saturated rings. The van der Waals surface area contributed by atoms with Gasteiger partial charge in [0.15, 0.2) is 12.0 Å². The molecule has 0 aliphatic rings. The van der Waals surface area contributed by atoms with Crippen LogP contribution in [-0.4, -0.2) is 62.5 Å². The molecule has 0 aromatic heterocycles. The van der Waals surface area contributed by atoms with Crippen LogP contribution in [0.4, 0.5) is 11.4 Å². The van der Waals surface area contributed by atoms with Gasteiger partial charge < -0.3 is 24.6 Å². The number of hydrogen-bond donors (Lipinski definition) is 5. The summed E-state index contributed by atoms with van der Waals surface area (Å²) in [5, 5.41) is 21.1. The lowest BCUT2D eigenvalue weighted by Crippen LogP contribution is -2.29. The van der Waals surface area contributed by atoms with E-state index in [-0.39, 0.29) is 37.6 Å². The monoisotopic (exact) mass is 478 g/mol. The molecule has 0 radical (unpaired) electrons. The maximum Gasteiger partial charge on any atom is 0.446 e. The van der Waals surface area contributed by atoms with Crippen molar-refractivity contribution < 1.29 is 44.5 Å². The normalized spacial score (nSPS) is 12.9. The number of nitrogens with one attached hydrogen (secondary N) is 1. The SMILES string of the molecule is O=S(=O)(O)Oc1ccccc1C(Nc1cccc(N(CCO)CCO)c1)OS(=O)(=O)O. The molecule has 12 nitrogen and oxygen atoms in total. The summed E-state index contributed by atoms with van der Waals surface area (Å²) in [5.74, 6) is -0.440. The van der Waals surface area contributed by atoms with Gasteiger partial charge in [-0.25, -0.2) is 4.18 Å². The molecule has 0 spiro atoms. The lowest BCUT2D eigenvalue weighted by Gasteiger charge is -2.25. The molecular formula is C17H22N2O10S2. The molecule has 172 valence electrons. The molecule has 1 atom stereocenters. The average molecular weight is 479 g/mol. The molecule has 0 saturated heterocycles. The maximum absolute atomic E-state index is 11.4. The van der Waals surface area contributed by atoms with Gasteiger partial charge in [0.2, 0.25) is 0 Å². The van der Waals surface area contributed by atoms with Crippen LogP contribution in [0.1, 0.15) is 11.8 Å². The van der Waals surface area contributed by atoms with Crippen LogP contribution in [-0.2, 0) is 25.0 Å². The second-order valence-corrected chi connectivity index (χ2v) is 8.15. The number of aliphatic hydroxyl groups is 2. The van der Waals surface area contributed by atoms with Crippen LogP contribution in [0.5, 0.6) is 5.75 Å². The predicted molar refractivity (Wildman–Crippen MR) is 110 cm³/mol. The van der Waals surface area contributed by atoms with Crippen LogP contribution in [0, 0.1) is 0 Å². The van der Waals surface area contributed by atoms with Crippen LogP contribution in [0.15, 0.2) is 48.5 Å². The van der Waals surface area contributed by atoms with Crippen molar-refractivity contribution in [1.29, 1.82) is 0 Å². The van der Waals surface area contributed by atoms with Gasteiger partial charge in [0.1, 0.15) is 0 Å². The zero-order valence-electron chi connectivity index (χ0n) is 16.0. The van der Waals surface area contributed by atoms with Crippen molar-refractivity contribution in [1.82, 2.24) is 0 Å². The van der Waals surface area contributed by atoms with Gasteiger partial charge in [0.25, 0.3) is 0 Å². The predicted octanol–water partition coefficient (Wildman–Crippen LogP) is 0.589. The van der Waals surface area contributed by atoms with Gasteiger partial charge in [-0.2, -0.15) is 16.8 Å². The second-order valence-electron chi connectivity index (χ2n) is 6.08. The number of nitrogens with zero attached hydrogens (tertiary/aromatic N) is 1. The molecule has 31 heavy (non-hydrogen) atoms. The lowest BCUT2D eigenvalue weighted by atomic mass is 10.1. The number of aliphatic hydroxyl groups excluding tert-OH is 2. The van der Waals surface area contributed by atoms with Gasteiger partial charge in [-0.3, -0.25) is 9.11 Å². The van der Waals surface area contributed by atoms with E-state index >= 15 is 0 Å². The smallest absolute Gasteiger partial charge is 0.395 e. The van der Waals surface area contributed by atoms with Crippen LogP contribution < -0.4 is 14.4 Å². The Bertz CT molecular complexity index is 1070. The second kappa shape index (κ2) is 10.7. The van der Waals surface area contributed by atoms with Crippen molar-refractivity contribution in [2.75, 3.05) is 36.5 Å². The first-order chi connectivity index (χ1) is 14.5. The fourth-order valence-corrected chi connectivity index (χ4v) is 3.49. The average Bonchev–Trinajstić information content (AvgIpc) is 2.66. The van der Waals surface area contributed by atoms with Gasteiger partial charge >= 0.3 is 20.8 Å². The van der Waals surface area contributed by atoms with E-state index in [0.717, 1.165) is 6.07 Å². The van der Waals surface area contributed by atoms with Gasteiger partial charge in [-0.1, -0.05) is 24.3 Å². The van der Waals surface area contributed by atoms with Crippen molar-refractivity contribution >= 4 is 32.2 Å². The molecule has 0 saturated carbocycles. The van der Waals surface area contributed by atoms with Crippen LogP contribution >= 0.6 is 0 Å². The Balaban J connectivity index is 2.43. The molecule has 0 aliphatic heterocycles. The summed E-state index contributed by atoms with van der Waals surface area (Å²) in [7, 11) is -9.93. The number of rotatable bonds is 12. The van der Waals surface area contributed by atoms with E-state index in [1.54, 1.807) is 23.1 Å². The number of para-hydroxylation sites is 1. The highest BCUT2D eigenvalue weighted by atomic mass is 32.3. The summed E-state index contributed by atoms with van der Waals surface area (Å²) in [6, 6.07) is 11.6. The molecule has 2 aromatic rings. The minimum absolute atomic E-state index is 0.161. The molecule has 5 N–H and O–H groups in total. The van der Waals surface area contributed by atoms with E-state index in [0.29, 0.717) is 5.69 Å². The van der Waals surface area contributed by atoms with E-state index in [1.807, 2.05) is 0 Å². The number of hydrogen-bond acceptors (Lipinski definition) is 10. The first-order valence-electron chi connectivity index (χ1n) is 8.77. The molecule has 0 bridgehead atoms. The Morgan fingerprint density at radius 2 is 1.55 bits per heavy atom. The van der Waals surface area contributed by atoms with Crippen molar-refractivity contribution in [2.24, 2.45) is 0 Å². The van der Waals surface area contributed by atoms with E-state index in [4.69, 9.17) is 4.55 Å². The van der Waals surface area contributed by atoms with Crippen molar-refractivity contribution in [2.45, 2.75) is 6.23 Å². The van der Waals surface area contributed by atoms with Crippen molar-refractivity contribution in [3.63, 3.8) is 0 Å². The quantitative estimate of drug-likeness (QED) is 0.212. The Morgan fingerprint density at radius 3 is 2.13 bits per heavy atom. The number of benzene rings is 2. The van der Waals surface area contributed by atoms with Crippen LogP contribution in [0.3, 0.4) is 0 Å². The highest BCUT2D eigenvalue weighted by Gasteiger charge is 2.25. The summed E-state index contributed by atoms with van der Waals surface area (Å²) in [4.78, 5) is 1.67. The van der Waals surface area contributed by atoms with E-state index in [1.165, 1.54) is 24.3 Å². The standard InChI is InChI=1S/C17H22N2O10S2/c20-10-8-19(9-11-21)14-5-3-4-13(12-14)18-17(29-31(25,26)27)15-6-1-2-7-16(15)28-30(22,23)24/h1-7,12,17-18,20-21H,8-11H2,(H,22,23,24)(H,25,26,27). The Kier molecular flexibility index (Phi) is 8.58. The number of anilines is 2. The first kappa shape index (κ1) is 24.8. The highest BCUT2D eigenvalue weighted by molar-refractivity contribution is 7.81. The van der Waals surface area contributed by atoms with Gasteiger partial charge in [0, 0.05) is 30.0 Å². The highest BCUT2D eigenvalue weighted by Crippen LogP contribution is 2.31. The zero-order valence-corrected chi connectivity index (χ0v) is 17.7. The van der Waals surface area contributed by atoms with Gasteiger partial charge in [-0.15, -0.1) is 0 Å². The zero-order chi connectivity index (χ0) is 23.1. The molecular weight excluding hydrogens is 456 g/mol. The third-order valence-corrected chi connectivity index (χ3v) is 4.69. The summed E-state index contributed by atoms with van der Waals surface area (Å²) in [5.41, 5.74) is 0.695. The molecule has 1 unspecified atom stereocenters. The minimum atomic E-state index is -5.00. The molecule has 0 amide bonds. The Morgan fingerprint density at radius 1 is 0.903 bits per heavy atom. The molecule has 2 rings (SSSR count). The van der Waals surface area contributed by atoms with Crippen molar-refractivity contribution in [3.05, 3.63) is 54.1 Å². The summed E-state index contributed by atoms with van der Waals surface area (Å²) in [6.45, 7) is 0.0962. The topological polar surface area (TPSA) is 183 Å². The van der Waals surface area contributed by atoms with Crippen LogP contribution in [0.2, 0.25) is 0 Å². The molecule has 14 heteroatoms. The van der Waals surface area contributed by atoms with Gasteiger partial charge in [-0.05, 0) is 24.3 Å². The Hall–Kier alpha value is -2.46. The molecule has 2 aromatic carbocycles. The summed E-state index contributed by atoms with van der Waals surface area (Å²) >= 11 is 0. The largest absolute Gasteiger partial charge is 0.446 e. The third kappa shape index (κ3) is 8.29. The molecule has 0 heterocycles. The van der Waals surface area contributed by atoms with E-state index < -0.39 is 32.8 Å². The third-order valence-electron chi connectivity index (χ3n) is 3.86. The minimum Gasteiger partial charge on any atom is -0.395 e. The maximum atomic E-state index is 11.4. The summed E-state index contributed by atoms with van der Waals surface area (Å²) in [6.07, 6.45) is -1.65. The first-order valence-corrected chi connectivity index (χ1v) is 11.5. The van der Waals surface area contributed by atoms with Crippen molar-refractivity contribution in [3.8, 4) is 5.75 Å². The summed E-state index contributed by atoms with van der Waals surface area (Å²) < 4.78 is 72.2. The van der Waals surface area contributed by atoms with Gasteiger partial charge in [0.05, 0.1) is 13.2 Å². The van der Waals surface area contributed by atoms with E-state index in [2.05, 4.69) is 13.7 Å². The lowest BCUT2D eigenvalue weighted by molar-refractivity contribution is 0.205. The van der Waals surface area contributed by atoms with Crippen LogP contribution in [0.25, 0.3) is 0 Å². The fourth-order valence-electron chi connectivity index (χ4n) is 2.72. The molecule has 0 aliphatic carbocycles.